The minimum absolute atomic E-state index is 0.110. The van der Waals surface area contributed by atoms with Crippen LogP contribution in [0.3, 0.4) is 0 Å². The number of carboxylic acid groups (broad SMARTS) is 1. The number of hydrogen-bond acceptors (Lipinski definition) is 8. The monoisotopic (exact) mass is 856 g/mol. The van der Waals surface area contributed by atoms with Gasteiger partial charge in [0.1, 0.15) is 12.7 Å². The topological polar surface area (TPSA) is 169 Å². The average molecular weight is 856 g/mol. The first-order chi connectivity index (χ1) is 28.6. The van der Waals surface area contributed by atoms with Gasteiger partial charge in [-0.2, -0.15) is 0 Å². The van der Waals surface area contributed by atoms with Crippen molar-refractivity contribution in [1.29, 1.82) is 0 Å². The molecule has 344 valence electrons. The molecule has 0 rings (SSSR count). The number of aliphatic carboxylic acids is 1. The van der Waals surface area contributed by atoms with Crippen LogP contribution in [0.4, 0.5) is 0 Å². The molecule has 0 aromatic rings. The SMILES string of the molecule is CC/C=C\C/C=C\C/C=C\CCCCCC(=O)NC(COP(=O)(O)OCC(O)COC(=O)CCCCCCCCCCCCCCCCCCCCCCCC)C(=O)O. The number of ether oxygens (including phenoxy) is 1. The summed E-state index contributed by atoms with van der Waals surface area (Å²) in [7, 11) is -4.76. The van der Waals surface area contributed by atoms with E-state index in [1.165, 1.54) is 116 Å². The van der Waals surface area contributed by atoms with Gasteiger partial charge in [0, 0.05) is 12.8 Å². The Bertz CT molecular complexity index is 1140. The quantitative estimate of drug-likeness (QED) is 0.0200. The van der Waals surface area contributed by atoms with Crippen LogP contribution in [-0.2, 0) is 32.7 Å². The molecular formula is C47H86NO10P. The first-order valence-electron chi connectivity index (χ1n) is 23.5. The van der Waals surface area contributed by atoms with Gasteiger partial charge in [0.15, 0.2) is 6.04 Å². The second kappa shape index (κ2) is 42.4. The van der Waals surface area contributed by atoms with Crippen LogP contribution in [0.15, 0.2) is 36.5 Å². The fourth-order valence-corrected chi connectivity index (χ4v) is 7.34. The van der Waals surface area contributed by atoms with E-state index in [0.717, 1.165) is 57.8 Å². The number of aliphatic hydroxyl groups is 1. The van der Waals surface area contributed by atoms with Gasteiger partial charge < -0.3 is 25.2 Å². The van der Waals surface area contributed by atoms with Crippen LogP contribution in [0.1, 0.15) is 213 Å². The highest BCUT2D eigenvalue weighted by atomic mass is 31.2. The summed E-state index contributed by atoms with van der Waals surface area (Å²) in [6.07, 6.45) is 46.2. The maximum absolute atomic E-state index is 12.3. The van der Waals surface area contributed by atoms with E-state index in [1.54, 1.807) is 0 Å². The molecule has 3 atom stereocenters. The number of esters is 1. The van der Waals surface area contributed by atoms with Gasteiger partial charge in [-0.3, -0.25) is 18.6 Å². The Balaban J connectivity index is 3.81. The van der Waals surface area contributed by atoms with Gasteiger partial charge in [-0.1, -0.05) is 192 Å². The number of hydrogen-bond donors (Lipinski definition) is 4. The van der Waals surface area contributed by atoms with Gasteiger partial charge in [-0.25, -0.2) is 9.36 Å². The molecule has 0 aromatic carbocycles. The largest absolute Gasteiger partial charge is 0.480 e. The van der Waals surface area contributed by atoms with Crippen molar-refractivity contribution in [3.8, 4) is 0 Å². The summed E-state index contributed by atoms with van der Waals surface area (Å²) in [6, 6.07) is -1.56. The number of aliphatic hydroxyl groups excluding tert-OH is 1. The highest BCUT2D eigenvalue weighted by molar-refractivity contribution is 7.47. The maximum Gasteiger partial charge on any atom is 0.472 e. The zero-order valence-corrected chi connectivity index (χ0v) is 38.2. The molecule has 0 aromatic heterocycles. The first kappa shape index (κ1) is 56.7. The van der Waals surface area contributed by atoms with Crippen molar-refractivity contribution >= 4 is 25.7 Å². The molecule has 0 saturated heterocycles. The minimum atomic E-state index is -4.76. The predicted octanol–water partition coefficient (Wildman–Crippen LogP) is 12.4. The van der Waals surface area contributed by atoms with Gasteiger partial charge in [-0.15, -0.1) is 0 Å². The Morgan fingerprint density at radius 3 is 1.47 bits per heavy atom. The lowest BCUT2D eigenvalue weighted by molar-refractivity contribution is -0.147. The Morgan fingerprint density at radius 2 is 0.983 bits per heavy atom. The van der Waals surface area contributed by atoms with E-state index in [1.807, 2.05) is 0 Å². The first-order valence-corrected chi connectivity index (χ1v) is 25.0. The zero-order valence-electron chi connectivity index (χ0n) is 37.3. The molecule has 3 unspecified atom stereocenters. The zero-order chi connectivity index (χ0) is 43.5. The molecule has 0 aliphatic heterocycles. The van der Waals surface area contributed by atoms with E-state index >= 15 is 0 Å². The lowest BCUT2D eigenvalue weighted by Gasteiger charge is -2.18. The number of carbonyl (C=O) groups excluding carboxylic acids is 2. The van der Waals surface area contributed by atoms with Crippen molar-refractivity contribution < 1.29 is 47.8 Å². The number of carbonyl (C=O) groups is 3. The average Bonchev–Trinajstić information content (AvgIpc) is 3.21. The predicted molar refractivity (Wildman–Crippen MR) is 240 cm³/mol. The smallest absolute Gasteiger partial charge is 0.472 e. The Morgan fingerprint density at radius 1 is 0.559 bits per heavy atom. The van der Waals surface area contributed by atoms with E-state index in [2.05, 4.69) is 55.6 Å². The third-order valence-electron chi connectivity index (χ3n) is 10.2. The van der Waals surface area contributed by atoms with Crippen molar-refractivity contribution in [2.75, 3.05) is 19.8 Å². The highest BCUT2D eigenvalue weighted by Gasteiger charge is 2.28. The molecule has 0 bridgehead atoms. The molecule has 0 spiro atoms. The second-order valence-corrected chi connectivity index (χ2v) is 17.4. The maximum atomic E-state index is 12.3. The van der Waals surface area contributed by atoms with Crippen molar-refractivity contribution in [2.45, 2.75) is 225 Å². The normalized spacial score (nSPS) is 14.0. The number of unbranched alkanes of at least 4 members (excludes halogenated alkanes) is 24. The Hall–Kier alpha value is -2.30. The number of phosphoric ester groups is 1. The number of rotatable bonds is 44. The number of carboxylic acids is 1. The third kappa shape index (κ3) is 42.2. The summed E-state index contributed by atoms with van der Waals surface area (Å²) in [5, 5.41) is 21.8. The molecule has 4 N–H and O–H groups in total. The summed E-state index contributed by atoms with van der Waals surface area (Å²) in [6.45, 7) is 2.47. The van der Waals surface area contributed by atoms with Crippen LogP contribution in [0.2, 0.25) is 0 Å². The van der Waals surface area contributed by atoms with Crippen molar-refractivity contribution in [2.24, 2.45) is 0 Å². The van der Waals surface area contributed by atoms with E-state index in [-0.39, 0.29) is 12.8 Å². The van der Waals surface area contributed by atoms with Crippen molar-refractivity contribution in [1.82, 2.24) is 5.32 Å². The van der Waals surface area contributed by atoms with Crippen LogP contribution in [0.25, 0.3) is 0 Å². The molecular weight excluding hydrogens is 769 g/mol. The second-order valence-electron chi connectivity index (χ2n) is 15.9. The lowest BCUT2D eigenvalue weighted by atomic mass is 10.0. The van der Waals surface area contributed by atoms with E-state index < -0.39 is 57.6 Å². The minimum Gasteiger partial charge on any atom is -0.480 e. The van der Waals surface area contributed by atoms with Gasteiger partial charge in [0.25, 0.3) is 0 Å². The van der Waals surface area contributed by atoms with Crippen LogP contribution < -0.4 is 5.32 Å². The summed E-state index contributed by atoms with van der Waals surface area (Å²) in [5.74, 6) is -2.41. The highest BCUT2D eigenvalue weighted by Crippen LogP contribution is 2.43. The van der Waals surface area contributed by atoms with Crippen LogP contribution >= 0.6 is 7.82 Å². The third-order valence-corrected chi connectivity index (χ3v) is 11.1. The summed E-state index contributed by atoms with van der Waals surface area (Å²) in [5.41, 5.74) is 0. The van der Waals surface area contributed by atoms with Crippen molar-refractivity contribution in [3.05, 3.63) is 36.5 Å². The summed E-state index contributed by atoms with van der Waals surface area (Å²) >= 11 is 0. The Kier molecular flexibility index (Phi) is 40.7. The van der Waals surface area contributed by atoms with Gasteiger partial charge in [-0.05, 0) is 44.9 Å². The molecule has 1 amide bonds. The number of allylic oxidation sites excluding steroid dienone is 6. The van der Waals surface area contributed by atoms with Gasteiger partial charge in [0.2, 0.25) is 5.91 Å². The molecule has 0 fully saturated rings. The number of amides is 1. The molecule has 12 heteroatoms. The molecule has 0 saturated carbocycles. The fourth-order valence-electron chi connectivity index (χ4n) is 6.57. The van der Waals surface area contributed by atoms with Crippen LogP contribution in [0, 0.1) is 0 Å². The van der Waals surface area contributed by atoms with Crippen LogP contribution in [0.5, 0.6) is 0 Å². The van der Waals surface area contributed by atoms with Crippen molar-refractivity contribution in [3.63, 3.8) is 0 Å². The summed E-state index contributed by atoms with van der Waals surface area (Å²) in [4.78, 5) is 45.9. The van der Waals surface area contributed by atoms with Crippen LogP contribution in [-0.4, -0.2) is 64.9 Å². The van der Waals surface area contributed by atoms with Gasteiger partial charge in [0.05, 0.1) is 13.2 Å². The molecule has 0 heterocycles. The number of nitrogens with one attached hydrogen (secondary N) is 1. The molecule has 11 nitrogen and oxygen atoms in total. The molecule has 0 aliphatic rings. The fraction of sp³-hybridized carbons (Fsp3) is 0.809. The van der Waals surface area contributed by atoms with E-state index in [9.17, 15) is 34.1 Å². The van der Waals surface area contributed by atoms with Gasteiger partial charge >= 0.3 is 19.8 Å². The van der Waals surface area contributed by atoms with E-state index in [4.69, 9.17) is 13.8 Å². The molecule has 0 radical (unpaired) electrons. The molecule has 59 heavy (non-hydrogen) atoms. The number of phosphoric acid groups is 1. The summed E-state index contributed by atoms with van der Waals surface area (Å²) < 4.78 is 26.8. The standard InChI is InChI=1S/C47H86NO10P/c1-3-5-7-9-11-13-15-17-18-19-20-21-22-23-24-25-27-29-31-33-35-37-39-46(51)56-40-43(49)41-57-59(54,55)58-42-44(47(52)53)48-45(50)38-36-34-32-30-28-26-16-14-12-10-8-6-4-2/h6,8,12,14,26,28,43-44,49H,3-5,7,9-11,13,15-25,27,29-42H2,1-2H3,(H,48,50)(H,52,53)(H,54,55)/b8-6-,14-12-,28-26-. The lowest BCUT2D eigenvalue weighted by Crippen LogP contribution is -2.43. The Labute approximate surface area is 359 Å². The van der Waals surface area contributed by atoms with E-state index in [0.29, 0.717) is 12.8 Å². The molecule has 0 aliphatic carbocycles.